The van der Waals surface area contributed by atoms with Crippen LogP contribution in [-0.4, -0.2) is 51.2 Å². The summed E-state index contributed by atoms with van der Waals surface area (Å²) in [5, 5.41) is 13.7. The minimum absolute atomic E-state index is 0.0259. The van der Waals surface area contributed by atoms with Crippen LogP contribution in [-0.2, 0) is 11.2 Å². The van der Waals surface area contributed by atoms with Crippen molar-refractivity contribution < 1.29 is 9.26 Å². The lowest BCUT2D eigenvalue weighted by Crippen LogP contribution is -2.37. The lowest BCUT2D eigenvalue weighted by Gasteiger charge is -2.28. The molecule has 142 valence electrons. The lowest BCUT2D eigenvalue weighted by atomic mass is 10.3. The first-order valence-electron chi connectivity index (χ1n) is 9.09. The van der Waals surface area contributed by atoms with Crippen LogP contribution in [0.25, 0.3) is 5.69 Å². The molecule has 0 N–H and O–H groups in total. The molecule has 4 rings (SSSR count). The highest BCUT2D eigenvalue weighted by Gasteiger charge is 2.24. The van der Waals surface area contributed by atoms with Gasteiger partial charge in [-0.15, -0.1) is 10.2 Å². The molecule has 1 aliphatic heterocycles. The predicted molar refractivity (Wildman–Crippen MR) is 102 cm³/mol. The SMILES string of the molecule is CCc1noc(C(C)Sc2nnc(N3CCOCC3)n2-c2ccccc2)n1. The van der Waals surface area contributed by atoms with Crippen molar-refractivity contribution in [3.8, 4) is 5.69 Å². The van der Waals surface area contributed by atoms with Gasteiger partial charge in [-0.3, -0.25) is 4.57 Å². The van der Waals surface area contributed by atoms with Crippen molar-refractivity contribution in [3.63, 3.8) is 0 Å². The van der Waals surface area contributed by atoms with Gasteiger partial charge in [-0.1, -0.05) is 42.0 Å². The van der Waals surface area contributed by atoms with Gasteiger partial charge in [-0.05, 0) is 19.1 Å². The Morgan fingerprint density at radius 1 is 1.15 bits per heavy atom. The fourth-order valence-corrected chi connectivity index (χ4v) is 3.79. The van der Waals surface area contributed by atoms with Crippen LogP contribution in [0.4, 0.5) is 5.95 Å². The molecule has 3 aromatic rings. The first-order valence-corrected chi connectivity index (χ1v) is 9.97. The smallest absolute Gasteiger partial charge is 0.239 e. The quantitative estimate of drug-likeness (QED) is 0.598. The zero-order chi connectivity index (χ0) is 18.6. The Morgan fingerprint density at radius 2 is 1.93 bits per heavy atom. The van der Waals surface area contributed by atoms with E-state index in [1.807, 2.05) is 32.0 Å². The average Bonchev–Trinajstić information content (AvgIpc) is 3.36. The molecule has 0 radical (unpaired) electrons. The van der Waals surface area contributed by atoms with Crippen LogP contribution in [0, 0.1) is 0 Å². The number of ether oxygens (including phenoxy) is 1. The molecular formula is C18H22N6O2S. The number of hydrogen-bond donors (Lipinski definition) is 0. The van der Waals surface area contributed by atoms with Crippen LogP contribution < -0.4 is 4.90 Å². The molecule has 2 aromatic heterocycles. The Balaban J connectivity index is 1.66. The standard InChI is InChI=1S/C18H22N6O2S/c1-3-15-19-16(26-22-15)13(2)27-18-21-20-17(23-9-11-25-12-10-23)24(18)14-7-5-4-6-8-14/h4-8,13H,3,9-12H2,1-2H3. The monoisotopic (exact) mass is 386 g/mol. The normalized spacial score (nSPS) is 15.9. The van der Waals surface area contributed by atoms with Gasteiger partial charge in [0.25, 0.3) is 0 Å². The van der Waals surface area contributed by atoms with E-state index in [9.17, 15) is 0 Å². The first-order chi connectivity index (χ1) is 13.3. The van der Waals surface area contributed by atoms with Gasteiger partial charge >= 0.3 is 0 Å². The summed E-state index contributed by atoms with van der Waals surface area (Å²) in [6.07, 6.45) is 0.752. The largest absolute Gasteiger partial charge is 0.378 e. The van der Waals surface area contributed by atoms with Crippen LogP contribution in [0.15, 0.2) is 40.0 Å². The second kappa shape index (κ2) is 8.10. The topological polar surface area (TPSA) is 82.1 Å². The molecule has 9 heteroatoms. The number of anilines is 1. The van der Waals surface area contributed by atoms with Crippen LogP contribution >= 0.6 is 11.8 Å². The third kappa shape index (κ3) is 3.84. The molecule has 1 aliphatic rings. The summed E-state index contributed by atoms with van der Waals surface area (Å²) in [7, 11) is 0. The molecule has 27 heavy (non-hydrogen) atoms. The second-order valence-electron chi connectivity index (χ2n) is 6.22. The Bertz CT molecular complexity index is 875. The van der Waals surface area contributed by atoms with Gasteiger partial charge in [-0.25, -0.2) is 0 Å². The van der Waals surface area contributed by atoms with E-state index in [4.69, 9.17) is 9.26 Å². The molecule has 0 saturated carbocycles. The molecule has 1 saturated heterocycles. The summed E-state index contributed by atoms with van der Waals surface area (Å²) >= 11 is 1.56. The van der Waals surface area contributed by atoms with E-state index in [1.165, 1.54) is 0 Å². The number of aryl methyl sites for hydroxylation is 1. The fourth-order valence-electron chi connectivity index (χ4n) is 2.89. The van der Waals surface area contributed by atoms with Crippen molar-refractivity contribution in [1.29, 1.82) is 0 Å². The highest BCUT2D eigenvalue weighted by molar-refractivity contribution is 7.99. The number of aromatic nitrogens is 5. The molecule has 1 aromatic carbocycles. The Labute approximate surface area is 161 Å². The molecule has 0 aliphatic carbocycles. The van der Waals surface area contributed by atoms with Gasteiger partial charge in [0.15, 0.2) is 11.0 Å². The highest BCUT2D eigenvalue weighted by atomic mass is 32.2. The van der Waals surface area contributed by atoms with E-state index in [-0.39, 0.29) is 5.25 Å². The minimum Gasteiger partial charge on any atom is -0.378 e. The summed E-state index contributed by atoms with van der Waals surface area (Å²) in [6, 6.07) is 10.2. The zero-order valence-corrected chi connectivity index (χ0v) is 16.2. The van der Waals surface area contributed by atoms with Crippen molar-refractivity contribution >= 4 is 17.7 Å². The number of hydrogen-bond acceptors (Lipinski definition) is 8. The number of nitrogens with zero attached hydrogens (tertiary/aromatic N) is 6. The van der Waals surface area contributed by atoms with E-state index in [1.54, 1.807) is 11.8 Å². The van der Waals surface area contributed by atoms with E-state index >= 15 is 0 Å². The highest BCUT2D eigenvalue weighted by Crippen LogP contribution is 2.36. The average molecular weight is 386 g/mol. The van der Waals surface area contributed by atoms with Gasteiger partial charge in [-0.2, -0.15) is 4.98 Å². The van der Waals surface area contributed by atoms with Crippen molar-refractivity contribution in [2.24, 2.45) is 0 Å². The van der Waals surface area contributed by atoms with Gasteiger partial charge in [0, 0.05) is 19.5 Å². The maximum absolute atomic E-state index is 5.48. The molecule has 0 bridgehead atoms. The third-order valence-electron chi connectivity index (χ3n) is 4.35. The summed E-state index contributed by atoms with van der Waals surface area (Å²) in [5.74, 6) is 2.15. The lowest BCUT2D eigenvalue weighted by molar-refractivity contribution is 0.122. The van der Waals surface area contributed by atoms with Crippen LogP contribution in [0.5, 0.6) is 0 Å². The van der Waals surface area contributed by atoms with Crippen molar-refractivity contribution in [1.82, 2.24) is 24.9 Å². The van der Waals surface area contributed by atoms with E-state index in [2.05, 4.69) is 41.9 Å². The fraction of sp³-hybridized carbons (Fsp3) is 0.444. The summed E-state index contributed by atoms with van der Waals surface area (Å²) in [4.78, 5) is 6.65. The number of rotatable bonds is 6. The Hall–Kier alpha value is -2.39. The predicted octanol–water partition coefficient (Wildman–Crippen LogP) is 2.90. The third-order valence-corrected chi connectivity index (χ3v) is 5.38. The molecule has 1 fully saturated rings. The van der Waals surface area contributed by atoms with E-state index in [0.29, 0.717) is 19.1 Å². The number of benzene rings is 1. The number of thioether (sulfide) groups is 1. The van der Waals surface area contributed by atoms with Crippen LogP contribution in [0.2, 0.25) is 0 Å². The van der Waals surface area contributed by atoms with Crippen LogP contribution in [0.1, 0.15) is 30.8 Å². The molecule has 0 spiro atoms. The zero-order valence-electron chi connectivity index (χ0n) is 15.4. The Morgan fingerprint density at radius 3 is 2.63 bits per heavy atom. The number of morpholine rings is 1. The molecule has 1 unspecified atom stereocenters. The molecule has 0 amide bonds. The minimum atomic E-state index is -0.0259. The van der Waals surface area contributed by atoms with Crippen molar-refractivity contribution in [2.45, 2.75) is 30.7 Å². The summed E-state index contributed by atoms with van der Waals surface area (Å²) < 4.78 is 13.0. The van der Waals surface area contributed by atoms with Crippen molar-refractivity contribution in [3.05, 3.63) is 42.0 Å². The van der Waals surface area contributed by atoms with Gasteiger partial charge < -0.3 is 14.2 Å². The van der Waals surface area contributed by atoms with E-state index < -0.39 is 0 Å². The molecular weight excluding hydrogens is 364 g/mol. The van der Waals surface area contributed by atoms with Gasteiger partial charge in [0.05, 0.1) is 24.2 Å². The maximum Gasteiger partial charge on any atom is 0.239 e. The number of para-hydroxylation sites is 1. The maximum atomic E-state index is 5.48. The molecule has 3 heterocycles. The van der Waals surface area contributed by atoms with Crippen molar-refractivity contribution in [2.75, 3.05) is 31.2 Å². The second-order valence-corrected chi connectivity index (χ2v) is 7.52. The molecule has 8 nitrogen and oxygen atoms in total. The summed E-state index contributed by atoms with van der Waals surface area (Å²) in [6.45, 7) is 7.04. The summed E-state index contributed by atoms with van der Waals surface area (Å²) in [5.41, 5.74) is 1.03. The van der Waals surface area contributed by atoms with Crippen LogP contribution in [0.3, 0.4) is 0 Å². The van der Waals surface area contributed by atoms with Gasteiger partial charge in [0.1, 0.15) is 0 Å². The first kappa shape index (κ1) is 18.0. The van der Waals surface area contributed by atoms with E-state index in [0.717, 1.165) is 42.1 Å². The Kier molecular flexibility index (Phi) is 5.40. The van der Waals surface area contributed by atoms with Gasteiger partial charge in [0.2, 0.25) is 11.8 Å². The molecule has 1 atom stereocenters.